The average molecular weight is 574 g/mol. The molecule has 3 aliphatic rings. The molecule has 10 heteroatoms. The van der Waals surface area contributed by atoms with Crippen molar-refractivity contribution in [3.05, 3.63) is 101 Å². The topological polar surface area (TPSA) is 157 Å². The minimum Gasteiger partial charge on any atom is -0.409 e. The molecule has 0 saturated carbocycles. The summed E-state index contributed by atoms with van der Waals surface area (Å²) in [6.07, 6.45) is 7.94. The fourth-order valence-electron chi connectivity index (χ4n) is 5.54. The van der Waals surface area contributed by atoms with Gasteiger partial charge in [0, 0.05) is 52.8 Å². The molecule has 0 fully saturated rings. The molecular formula is C33H31N7O3. The minimum absolute atomic E-state index is 0.0174. The third-order valence-corrected chi connectivity index (χ3v) is 7.56. The van der Waals surface area contributed by atoms with Crippen LogP contribution < -0.4 is 16.0 Å². The van der Waals surface area contributed by atoms with Crippen LogP contribution in [0.15, 0.2) is 99.2 Å². The number of rotatable bonds is 5. The molecule has 43 heavy (non-hydrogen) atoms. The van der Waals surface area contributed by atoms with Gasteiger partial charge in [0.15, 0.2) is 11.6 Å². The van der Waals surface area contributed by atoms with Gasteiger partial charge in [0.1, 0.15) is 17.5 Å². The highest BCUT2D eigenvalue weighted by molar-refractivity contribution is 6.26. The van der Waals surface area contributed by atoms with Gasteiger partial charge in [0.05, 0.1) is 11.7 Å². The number of fused-ring (bicyclic) bond motifs is 2. The Morgan fingerprint density at radius 2 is 2.07 bits per heavy atom. The quantitative estimate of drug-likeness (QED) is 0.186. The molecule has 2 aromatic rings. The highest BCUT2D eigenvalue weighted by Gasteiger charge is 2.43. The number of hydrogen-bond donors (Lipinski definition) is 4. The number of oxime groups is 1. The first-order valence-electron chi connectivity index (χ1n) is 13.9. The Morgan fingerprint density at radius 1 is 1.28 bits per heavy atom. The number of anilines is 1. The molecular weight excluding hydrogens is 542 g/mol. The molecule has 2 unspecified atom stereocenters. The number of hydrogen-bond acceptors (Lipinski definition) is 8. The number of carbonyl (C=O) groups excluding carboxylic acids is 2. The number of aliphatic imine (C=N–C) groups is 2. The predicted molar refractivity (Wildman–Crippen MR) is 168 cm³/mol. The fourth-order valence-corrected chi connectivity index (χ4v) is 5.54. The zero-order valence-corrected chi connectivity index (χ0v) is 23.6. The van der Waals surface area contributed by atoms with E-state index in [2.05, 4.69) is 38.9 Å². The maximum atomic E-state index is 14.3. The summed E-state index contributed by atoms with van der Waals surface area (Å²) >= 11 is 0. The highest BCUT2D eigenvalue weighted by atomic mass is 16.4. The summed E-state index contributed by atoms with van der Waals surface area (Å²) in [5.74, 6) is 5.13. The molecule has 3 atom stereocenters. The van der Waals surface area contributed by atoms with E-state index in [1.165, 1.54) is 0 Å². The van der Waals surface area contributed by atoms with Gasteiger partial charge in [-0.25, -0.2) is 0 Å². The predicted octanol–water partition coefficient (Wildman–Crippen LogP) is 3.62. The summed E-state index contributed by atoms with van der Waals surface area (Å²) in [5.41, 5.74) is 8.98. The van der Waals surface area contributed by atoms with Gasteiger partial charge in [-0.2, -0.15) is 0 Å². The lowest BCUT2D eigenvalue weighted by molar-refractivity contribution is -0.117. The summed E-state index contributed by atoms with van der Waals surface area (Å²) in [6, 6.07) is 12.3. The molecule has 0 bridgehead atoms. The summed E-state index contributed by atoms with van der Waals surface area (Å²) in [4.78, 5) is 38.7. The number of Topliss-reactive ketones (excluding diaryl/α,β-unsaturated/α-hetero) is 1. The Kier molecular flexibility index (Phi) is 8.44. The number of benzene rings is 2. The first-order chi connectivity index (χ1) is 20.8. The monoisotopic (exact) mass is 573 g/mol. The Labute approximate surface area is 249 Å². The maximum Gasteiger partial charge on any atom is 0.257 e. The van der Waals surface area contributed by atoms with Gasteiger partial charge in [0.2, 0.25) is 0 Å². The number of nitrogens with one attached hydrogen (secondary N) is 2. The van der Waals surface area contributed by atoms with Crippen molar-refractivity contribution in [2.24, 2.45) is 26.8 Å². The fraction of sp³-hybridized carbons (Fsp3) is 0.212. The lowest BCUT2D eigenvalue weighted by Gasteiger charge is -2.40. The van der Waals surface area contributed by atoms with Crippen molar-refractivity contribution in [3.63, 3.8) is 0 Å². The molecule has 0 aromatic heterocycles. The number of carbonyl (C=O) groups is 2. The zero-order valence-electron chi connectivity index (χ0n) is 23.6. The van der Waals surface area contributed by atoms with Crippen LogP contribution in [0.25, 0.3) is 0 Å². The molecule has 0 saturated heterocycles. The van der Waals surface area contributed by atoms with Gasteiger partial charge in [0.25, 0.3) is 5.91 Å². The van der Waals surface area contributed by atoms with Crippen molar-refractivity contribution in [1.82, 2.24) is 5.32 Å². The van der Waals surface area contributed by atoms with Crippen LogP contribution in [0, 0.1) is 23.2 Å². The average Bonchev–Trinajstić information content (AvgIpc) is 3.33. The number of nitrogens with zero attached hydrogens (tertiary/aromatic N) is 4. The van der Waals surface area contributed by atoms with Gasteiger partial charge in [-0.05, 0) is 44.0 Å². The van der Waals surface area contributed by atoms with Crippen molar-refractivity contribution < 1.29 is 14.8 Å². The van der Waals surface area contributed by atoms with E-state index < -0.39 is 18.0 Å². The number of nitrogens with two attached hydrogens (primary N) is 1. The van der Waals surface area contributed by atoms with E-state index in [4.69, 9.17) is 11.1 Å². The van der Waals surface area contributed by atoms with Crippen LogP contribution in [0.4, 0.5) is 5.69 Å². The zero-order chi connectivity index (χ0) is 30.5. The molecule has 10 nitrogen and oxygen atoms in total. The largest absolute Gasteiger partial charge is 0.409 e. The molecule has 2 aromatic carbocycles. The van der Waals surface area contributed by atoms with Gasteiger partial charge >= 0.3 is 0 Å². The molecule has 5 N–H and O–H groups in total. The second kappa shape index (κ2) is 12.5. The lowest BCUT2D eigenvalue weighted by Crippen LogP contribution is -2.60. The van der Waals surface area contributed by atoms with Crippen LogP contribution >= 0.6 is 0 Å². The van der Waals surface area contributed by atoms with E-state index >= 15 is 0 Å². The Balaban J connectivity index is 1.60. The Morgan fingerprint density at radius 3 is 2.81 bits per heavy atom. The number of allylic oxidation sites excluding steroid dienone is 4. The van der Waals surface area contributed by atoms with Crippen molar-refractivity contribution in [2.75, 3.05) is 11.4 Å². The van der Waals surface area contributed by atoms with Crippen LogP contribution in [0.3, 0.4) is 0 Å². The maximum absolute atomic E-state index is 14.3. The van der Waals surface area contributed by atoms with Crippen LogP contribution in [0.2, 0.25) is 0 Å². The van der Waals surface area contributed by atoms with Crippen molar-refractivity contribution >= 4 is 41.5 Å². The summed E-state index contributed by atoms with van der Waals surface area (Å²) in [6.45, 7) is 5.91. The van der Waals surface area contributed by atoms with Crippen LogP contribution in [0.1, 0.15) is 41.3 Å². The molecule has 3 heterocycles. The lowest BCUT2D eigenvalue weighted by atomic mass is 9.85. The Hall–Kier alpha value is -5.56. The van der Waals surface area contributed by atoms with E-state index in [-0.39, 0.29) is 40.1 Å². The van der Waals surface area contributed by atoms with E-state index in [1.54, 1.807) is 60.5 Å². The molecule has 0 spiro atoms. The smallest absolute Gasteiger partial charge is 0.257 e. The second-order valence-corrected chi connectivity index (χ2v) is 10.3. The molecule has 0 radical (unpaired) electrons. The molecule has 1 amide bonds. The van der Waals surface area contributed by atoms with Crippen molar-refractivity contribution in [2.45, 2.75) is 31.8 Å². The SMILES string of the molecule is C=C(C#Cc1cccc2c1/C(=N/O)N(c1ccccc1)C([C@@H](C)NC(=O)C1=C3N=CC=CCC3CCN=C1N)C2=O)C=N. The van der Waals surface area contributed by atoms with Crippen molar-refractivity contribution in [3.8, 4) is 11.8 Å². The van der Waals surface area contributed by atoms with Crippen LogP contribution in [0.5, 0.6) is 0 Å². The van der Waals surface area contributed by atoms with Gasteiger partial charge in [-0.15, -0.1) is 0 Å². The second-order valence-electron chi connectivity index (χ2n) is 10.3. The summed E-state index contributed by atoms with van der Waals surface area (Å²) < 4.78 is 0. The number of para-hydroxylation sites is 1. The normalized spacial score (nSPS) is 21.0. The highest BCUT2D eigenvalue weighted by Crippen LogP contribution is 2.33. The summed E-state index contributed by atoms with van der Waals surface area (Å²) in [5, 5.41) is 24.4. The van der Waals surface area contributed by atoms with E-state index in [0.29, 0.717) is 41.9 Å². The number of amides is 1. The van der Waals surface area contributed by atoms with Gasteiger partial charge in [-0.3, -0.25) is 19.6 Å². The Bertz CT molecular complexity index is 1710. The number of ketones is 1. The van der Waals surface area contributed by atoms with Gasteiger partial charge < -0.3 is 26.6 Å². The molecule has 0 aliphatic carbocycles. The first-order valence-corrected chi connectivity index (χ1v) is 13.9. The third-order valence-electron chi connectivity index (χ3n) is 7.56. The standard InChI is InChI=1S/C33H31N7O3/c1-20(19-34)14-15-22-10-8-13-25-26(22)32(39-43)40(24-11-4-3-5-12-24)29(30(25)41)21(2)38-33(42)27-28-23(9-6-7-17-36-28)16-18-37-31(27)35/h3-8,10-13,17,19,21,23,29,34,43H,1,9,16,18H2,2H3,(H2,35,37)(H,38,42)/b34-19?,39-32-/t21-,23?,29?/m1/s1. The molecule has 216 valence electrons. The van der Waals surface area contributed by atoms with Crippen LogP contribution in [-0.4, -0.2) is 59.6 Å². The van der Waals surface area contributed by atoms with Crippen molar-refractivity contribution in [1.29, 1.82) is 5.41 Å². The van der Waals surface area contributed by atoms with E-state index in [0.717, 1.165) is 6.21 Å². The number of amidine groups is 2. The summed E-state index contributed by atoms with van der Waals surface area (Å²) in [7, 11) is 0. The van der Waals surface area contributed by atoms with Crippen LogP contribution in [-0.2, 0) is 4.79 Å². The first kappa shape index (κ1) is 29.0. The third kappa shape index (κ3) is 5.65. The molecule has 5 rings (SSSR count). The minimum atomic E-state index is -0.992. The van der Waals surface area contributed by atoms with E-state index in [1.807, 2.05) is 18.2 Å². The molecule has 3 aliphatic heterocycles. The van der Waals surface area contributed by atoms with Gasteiger partial charge in [-0.1, -0.05) is 60.0 Å². The van der Waals surface area contributed by atoms with E-state index in [9.17, 15) is 14.8 Å².